The van der Waals surface area contributed by atoms with Gasteiger partial charge in [0.15, 0.2) is 0 Å². The number of amides is 1. The van der Waals surface area contributed by atoms with Gasteiger partial charge >= 0.3 is 0 Å². The van der Waals surface area contributed by atoms with Crippen molar-refractivity contribution in [3.05, 3.63) is 65.7 Å². The smallest absolute Gasteiger partial charge is 0.248 e. The molecule has 0 bridgehead atoms. The molecule has 0 saturated heterocycles. The standard InChI is InChI=1S/C15H13FN2O/c1-11-2-4-13(16)10-14(11)18-15(19)5-3-12-6-8-17-9-7-12/h2-10H,1H3,(H,18,19)/b5-3+. The average molecular weight is 256 g/mol. The van der Waals surface area contributed by atoms with E-state index in [0.29, 0.717) is 5.69 Å². The third-order valence-corrected chi connectivity index (χ3v) is 2.59. The number of rotatable bonds is 3. The fourth-order valence-corrected chi connectivity index (χ4v) is 1.55. The van der Waals surface area contributed by atoms with E-state index in [-0.39, 0.29) is 11.7 Å². The highest BCUT2D eigenvalue weighted by Gasteiger charge is 2.03. The lowest BCUT2D eigenvalue weighted by atomic mass is 10.2. The maximum absolute atomic E-state index is 13.1. The Morgan fingerprint density at radius 1 is 1.26 bits per heavy atom. The zero-order chi connectivity index (χ0) is 13.7. The zero-order valence-electron chi connectivity index (χ0n) is 10.4. The van der Waals surface area contributed by atoms with Gasteiger partial charge < -0.3 is 5.32 Å². The van der Waals surface area contributed by atoms with E-state index in [0.717, 1.165) is 11.1 Å². The van der Waals surface area contributed by atoms with Gasteiger partial charge in [0, 0.05) is 24.2 Å². The van der Waals surface area contributed by atoms with E-state index in [4.69, 9.17) is 0 Å². The number of hydrogen-bond acceptors (Lipinski definition) is 2. The van der Waals surface area contributed by atoms with Crippen molar-refractivity contribution in [2.45, 2.75) is 6.92 Å². The van der Waals surface area contributed by atoms with Crippen LogP contribution < -0.4 is 5.32 Å². The van der Waals surface area contributed by atoms with E-state index in [1.165, 1.54) is 18.2 Å². The van der Waals surface area contributed by atoms with Gasteiger partial charge in [-0.1, -0.05) is 6.07 Å². The molecule has 2 rings (SSSR count). The second-order valence-electron chi connectivity index (χ2n) is 4.06. The summed E-state index contributed by atoms with van der Waals surface area (Å²) >= 11 is 0. The first kappa shape index (κ1) is 13.0. The molecule has 2 aromatic rings. The summed E-state index contributed by atoms with van der Waals surface area (Å²) in [6.45, 7) is 1.81. The Morgan fingerprint density at radius 2 is 2.00 bits per heavy atom. The lowest BCUT2D eigenvalue weighted by Gasteiger charge is -2.06. The molecule has 3 nitrogen and oxygen atoms in total. The molecule has 1 heterocycles. The number of hydrogen-bond donors (Lipinski definition) is 1. The lowest BCUT2D eigenvalue weighted by Crippen LogP contribution is -2.09. The van der Waals surface area contributed by atoms with Crippen molar-refractivity contribution in [2.24, 2.45) is 0 Å². The van der Waals surface area contributed by atoms with Gasteiger partial charge in [-0.15, -0.1) is 0 Å². The van der Waals surface area contributed by atoms with Crippen LogP contribution in [0.2, 0.25) is 0 Å². The molecular weight excluding hydrogens is 243 g/mol. The molecule has 0 spiro atoms. The lowest BCUT2D eigenvalue weighted by molar-refractivity contribution is -0.111. The molecule has 1 amide bonds. The van der Waals surface area contributed by atoms with Crippen LogP contribution >= 0.6 is 0 Å². The summed E-state index contributed by atoms with van der Waals surface area (Å²) < 4.78 is 13.1. The highest BCUT2D eigenvalue weighted by molar-refractivity contribution is 6.02. The van der Waals surface area contributed by atoms with Crippen molar-refractivity contribution in [1.29, 1.82) is 0 Å². The second-order valence-corrected chi connectivity index (χ2v) is 4.06. The van der Waals surface area contributed by atoms with Crippen LogP contribution in [0.25, 0.3) is 6.08 Å². The molecular formula is C15H13FN2O. The number of anilines is 1. The van der Waals surface area contributed by atoms with Crippen LogP contribution in [0.5, 0.6) is 0 Å². The van der Waals surface area contributed by atoms with Gasteiger partial charge in [0.2, 0.25) is 5.91 Å². The van der Waals surface area contributed by atoms with E-state index in [9.17, 15) is 9.18 Å². The summed E-state index contributed by atoms with van der Waals surface area (Å²) in [5.41, 5.74) is 2.16. The van der Waals surface area contributed by atoms with Crippen LogP contribution in [0, 0.1) is 12.7 Å². The van der Waals surface area contributed by atoms with E-state index < -0.39 is 0 Å². The quantitative estimate of drug-likeness (QED) is 0.857. The van der Waals surface area contributed by atoms with Crippen molar-refractivity contribution in [3.63, 3.8) is 0 Å². The van der Waals surface area contributed by atoms with Crippen molar-refractivity contribution >= 4 is 17.7 Å². The number of nitrogens with zero attached hydrogens (tertiary/aromatic N) is 1. The number of carbonyl (C=O) groups is 1. The minimum Gasteiger partial charge on any atom is -0.322 e. The number of aromatic nitrogens is 1. The van der Waals surface area contributed by atoms with Crippen molar-refractivity contribution in [3.8, 4) is 0 Å². The first-order chi connectivity index (χ1) is 9.15. The SMILES string of the molecule is Cc1ccc(F)cc1NC(=O)/C=C/c1ccncc1. The van der Waals surface area contributed by atoms with Crippen LogP contribution in [0.15, 0.2) is 48.8 Å². The molecule has 0 radical (unpaired) electrons. The second kappa shape index (κ2) is 5.91. The number of nitrogens with one attached hydrogen (secondary N) is 1. The minimum atomic E-state index is -0.376. The molecule has 0 aliphatic heterocycles. The summed E-state index contributed by atoms with van der Waals surface area (Å²) in [5, 5.41) is 2.64. The van der Waals surface area contributed by atoms with E-state index in [1.807, 2.05) is 6.92 Å². The van der Waals surface area contributed by atoms with Gasteiger partial charge in [-0.25, -0.2) is 4.39 Å². The van der Waals surface area contributed by atoms with Gasteiger partial charge in [0.25, 0.3) is 0 Å². The highest BCUT2D eigenvalue weighted by Crippen LogP contribution is 2.15. The third kappa shape index (κ3) is 3.74. The Morgan fingerprint density at radius 3 is 2.74 bits per heavy atom. The molecule has 1 N–H and O–H groups in total. The van der Waals surface area contributed by atoms with Gasteiger partial charge in [0.05, 0.1) is 0 Å². The van der Waals surface area contributed by atoms with E-state index >= 15 is 0 Å². The van der Waals surface area contributed by atoms with E-state index in [2.05, 4.69) is 10.3 Å². The summed E-state index contributed by atoms with van der Waals surface area (Å²) in [6, 6.07) is 7.86. The maximum atomic E-state index is 13.1. The van der Waals surface area contributed by atoms with E-state index in [1.54, 1.807) is 36.7 Å². The molecule has 96 valence electrons. The number of aryl methyl sites for hydroxylation is 1. The molecule has 19 heavy (non-hydrogen) atoms. The Labute approximate surface area is 110 Å². The predicted octanol–water partition coefficient (Wildman–Crippen LogP) is 3.18. The Bertz CT molecular complexity index is 609. The highest BCUT2D eigenvalue weighted by atomic mass is 19.1. The largest absolute Gasteiger partial charge is 0.322 e. The number of benzene rings is 1. The van der Waals surface area contributed by atoms with Gasteiger partial charge in [0.1, 0.15) is 5.82 Å². The molecule has 0 saturated carbocycles. The molecule has 4 heteroatoms. The van der Waals surface area contributed by atoms with Crippen LogP contribution in [0.4, 0.5) is 10.1 Å². The van der Waals surface area contributed by atoms with Crippen molar-refractivity contribution in [1.82, 2.24) is 4.98 Å². The maximum Gasteiger partial charge on any atom is 0.248 e. The molecule has 0 fully saturated rings. The summed E-state index contributed by atoms with van der Waals surface area (Å²) in [5.74, 6) is -0.676. The monoisotopic (exact) mass is 256 g/mol. The molecule has 1 aromatic heterocycles. The molecule has 0 aliphatic rings. The van der Waals surface area contributed by atoms with Crippen LogP contribution in [0.3, 0.4) is 0 Å². The first-order valence-electron chi connectivity index (χ1n) is 5.80. The van der Waals surface area contributed by atoms with Gasteiger partial charge in [-0.3, -0.25) is 9.78 Å². The topological polar surface area (TPSA) is 42.0 Å². The normalized spacial score (nSPS) is 10.6. The number of halogens is 1. The van der Waals surface area contributed by atoms with Gasteiger partial charge in [-0.2, -0.15) is 0 Å². The molecule has 0 atom stereocenters. The first-order valence-corrected chi connectivity index (χ1v) is 5.80. The number of pyridine rings is 1. The summed E-state index contributed by atoms with van der Waals surface area (Å²) in [4.78, 5) is 15.6. The van der Waals surface area contributed by atoms with Crippen molar-refractivity contribution in [2.75, 3.05) is 5.32 Å². The summed E-state index contributed by atoms with van der Waals surface area (Å²) in [7, 11) is 0. The van der Waals surface area contributed by atoms with Gasteiger partial charge in [-0.05, 0) is 48.4 Å². The van der Waals surface area contributed by atoms with Crippen LogP contribution in [-0.4, -0.2) is 10.9 Å². The van der Waals surface area contributed by atoms with Crippen LogP contribution in [0.1, 0.15) is 11.1 Å². The molecule has 1 aromatic carbocycles. The summed E-state index contributed by atoms with van der Waals surface area (Å²) in [6.07, 6.45) is 6.37. The van der Waals surface area contributed by atoms with Crippen molar-refractivity contribution < 1.29 is 9.18 Å². The zero-order valence-corrected chi connectivity index (χ0v) is 10.4. The Kier molecular flexibility index (Phi) is 4.03. The minimum absolute atomic E-state index is 0.300. The number of carbonyl (C=O) groups excluding carboxylic acids is 1. The third-order valence-electron chi connectivity index (χ3n) is 2.59. The fraction of sp³-hybridized carbons (Fsp3) is 0.0667. The molecule has 0 aliphatic carbocycles. The Balaban J connectivity index is 2.06. The molecule has 0 unspecified atom stereocenters. The average Bonchev–Trinajstić information content (AvgIpc) is 2.42. The van der Waals surface area contributed by atoms with Crippen LogP contribution in [-0.2, 0) is 4.79 Å². The Hall–Kier alpha value is -2.49. The predicted molar refractivity (Wildman–Crippen MR) is 73.0 cm³/mol. The fourth-order valence-electron chi connectivity index (χ4n) is 1.55.